The second kappa shape index (κ2) is 9.45. The van der Waals surface area contributed by atoms with Gasteiger partial charge in [0.05, 0.1) is 5.41 Å². The predicted octanol–water partition coefficient (Wildman–Crippen LogP) is 4.04. The molecular weight excluding hydrogens is 302 g/mol. The molecule has 0 saturated heterocycles. The van der Waals surface area contributed by atoms with Crippen LogP contribution in [0, 0.1) is 0 Å². The summed E-state index contributed by atoms with van der Waals surface area (Å²) in [6.45, 7) is 0.715. The van der Waals surface area contributed by atoms with E-state index in [2.05, 4.69) is 17.4 Å². The lowest BCUT2D eigenvalue weighted by molar-refractivity contribution is -0.137. The Bertz CT molecular complexity index is 521. The van der Waals surface area contributed by atoms with Gasteiger partial charge < -0.3 is 10.4 Å². The van der Waals surface area contributed by atoms with Crippen LogP contribution in [0.15, 0.2) is 30.3 Å². The summed E-state index contributed by atoms with van der Waals surface area (Å²) >= 11 is 0. The van der Waals surface area contributed by atoms with Crippen LogP contribution in [0.2, 0.25) is 0 Å². The van der Waals surface area contributed by atoms with Gasteiger partial charge in [0.25, 0.3) is 0 Å². The zero-order chi connectivity index (χ0) is 17.3. The molecule has 1 fully saturated rings. The van der Waals surface area contributed by atoms with E-state index < -0.39 is 5.97 Å². The van der Waals surface area contributed by atoms with Crippen LogP contribution >= 0.6 is 0 Å². The number of rotatable bonds is 10. The van der Waals surface area contributed by atoms with E-state index in [9.17, 15) is 9.59 Å². The van der Waals surface area contributed by atoms with E-state index in [0.717, 1.165) is 63.4 Å². The molecule has 1 aromatic rings. The number of hydrogen-bond acceptors (Lipinski definition) is 2. The van der Waals surface area contributed by atoms with Gasteiger partial charge >= 0.3 is 5.97 Å². The van der Waals surface area contributed by atoms with Crippen molar-refractivity contribution < 1.29 is 14.7 Å². The second-order valence-electron chi connectivity index (χ2n) is 6.82. The van der Waals surface area contributed by atoms with Gasteiger partial charge in [-0.2, -0.15) is 0 Å². The third-order valence-corrected chi connectivity index (χ3v) is 5.07. The molecule has 1 aromatic carbocycles. The molecular formula is C20H29NO3. The molecule has 1 amide bonds. The maximum atomic E-state index is 12.8. The average molecular weight is 331 g/mol. The van der Waals surface area contributed by atoms with E-state index in [-0.39, 0.29) is 17.7 Å². The van der Waals surface area contributed by atoms with Crippen molar-refractivity contribution >= 4 is 11.9 Å². The van der Waals surface area contributed by atoms with Crippen LogP contribution in [0.5, 0.6) is 0 Å². The van der Waals surface area contributed by atoms with Crippen molar-refractivity contribution in [1.82, 2.24) is 5.32 Å². The van der Waals surface area contributed by atoms with Crippen LogP contribution in [0.25, 0.3) is 0 Å². The standard InChI is InChI=1S/C20H29NO3/c22-18(23)13-7-2-1-3-10-16-21-19(24)20(14-8-9-15-20)17-11-5-4-6-12-17/h4-6,11-12H,1-3,7-10,13-16H2,(H,21,24)(H,22,23). The first-order chi connectivity index (χ1) is 11.6. The number of carbonyl (C=O) groups excluding carboxylic acids is 1. The smallest absolute Gasteiger partial charge is 0.303 e. The SMILES string of the molecule is O=C(O)CCCCCCCNC(=O)C1(c2ccccc2)CCCC1. The molecule has 2 rings (SSSR count). The lowest BCUT2D eigenvalue weighted by Gasteiger charge is -2.28. The molecule has 0 heterocycles. The number of benzene rings is 1. The lowest BCUT2D eigenvalue weighted by Crippen LogP contribution is -2.42. The molecule has 24 heavy (non-hydrogen) atoms. The van der Waals surface area contributed by atoms with E-state index in [0.29, 0.717) is 6.54 Å². The maximum absolute atomic E-state index is 12.8. The number of nitrogens with one attached hydrogen (secondary N) is 1. The van der Waals surface area contributed by atoms with Crippen molar-refractivity contribution in [2.24, 2.45) is 0 Å². The van der Waals surface area contributed by atoms with E-state index in [4.69, 9.17) is 5.11 Å². The van der Waals surface area contributed by atoms with E-state index in [1.807, 2.05) is 18.2 Å². The number of carbonyl (C=O) groups is 2. The lowest BCUT2D eigenvalue weighted by atomic mass is 9.78. The van der Waals surface area contributed by atoms with Crippen LogP contribution < -0.4 is 5.32 Å². The minimum Gasteiger partial charge on any atom is -0.481 e. The van der Waals surface area contributed by atoms with Gasteiger partial charge in [-0.05, 0) is 31.2 Å². The van der Waals surface area contributed by atoms with Gasteiger partial charge in [-0.1, -0.05) is 62.4 Å². The molecule has 1 saturated carbocycles. The summed E-state index contributed by atoms with van der Waals surface area (Å²) in [4.78, 5) is 23.2. The molecule has 0 spiro atoms. The fourth-order valence-corrected chi connectivity index (χ4v) is 3.69. The highest BCUT2D eigenvalue weighted by atomic mass is 16.4. The fraction of sp³-hybridized carbons (Fsp3) is 0.600. The van der Waals surface area contributed by atoms with Gasteiger partial charge in [0, 0.05) is 13.0 Å². The molecule has 2 N–H and O–H groups in total. The maximum Gasteiger partial charge on any atom is 0.303 e. The normalized spacial score (nSPS) is 16.0. The van der Waals surface area contributed by atoms with Gasteiger partial charge in [-0.15, -0.1) is 0 Å². The third-order valence-electron chi connectivity index (χ3n) is 5.07. The summed E-state index contributed by atoms with van der Waals surface area (Å²) in [6, 6.07) is 10.2. The van der Waals surface area contributed by atoms with Crippen molar-refractivity contribution in [1.29, 1.82) is 0 Å². The molecule has 4 heteroatoms. The van der Waals surface area contributed by atoms with E-state index >= 15 is 0 Å². The van der Waals surface area contributed by atoms with Crippen LogP contribution in [0.4, 0.5) is 0 Å². The highest BCUT2D eigenvalue weighted by molar-refractivity contribution is 5.88. The first-order valence-corrected chi connectivity index (χ1v) is 9.21. The monoisotopic (exact) mass is 331 g/mol. The first kappa shape index (κ1) is 18.5. The summed E-state index contributed by atoms with van der Waals surface area (Å²) in [5, 5.41) is 11.7. The minimum absolute atomic E-state index is 0.178. The van der Waals surface area contributed by atoms with Crippen molar-refractivity contribution in [2.75, 3.05) is 6.54 Å². The molecule has 0 aliphatic heterocycles. The van der Waals surface area contributed by atoms with Crippen molar-refractivity contribution in [3.8, 4) is 0 Å². The Morgan fingerprint density at radius 1 is 0.958 bits per heavy atom. The largest absolute Gasteiger partial charge is 0.481 e. The Labute approximate surface area is 144 Å². The van der Waals surface area contributed by atoms with Crippen molar-refractivity contribution in [2.45, 2.75) is 69.6 Å². The molecule has 1 aliphatic carbocycles. The fourth-order valence-electron chi connectivity index (χ4n) is 3.69. The third kappa shape index (κ3) is 5.08. The molecule has 4 nitrogen and oxygen atoms in total. The number of carboxylic acids is 1. The Kier molecular flexibility index (Phi) is 7.29. The minimum atomic E-state index is -0.718. The summed E-state index contributed by atoms with van der Waals surface area (Å²) in [5.74, 6) is -0.540. The number of hydrogen-bond donors (Lipinski definition) is 2. The summed E-state index contributed by atoms with van der Waals surface area (Å²) in [6.07, 6.45) is 9.12. The van der Waals surface area contributed by atoms with Crippen LogP contribution in [0.3, 0.4) is 0 Å². The molecule has 0 atom stereocenters. The first-order valence-electron chi connectivity index (χ1n) is 9.21. The van der Waals surface area contributed by atoms with Gasteiger partial charge in [0.2, 0.25) is 5.91 Å². The van der Waals surface area contributed by atoms with Crippen LogP contribution in [-0.4, -0.2) is 23.5 Å². The summed E-state index contributed by atoms with van der Waals surface area (Å²) in [5.41, 5.74) is 0.816. The quantitative estimate of drug-likeness (QED) is 0.636. The summed E-state index contributed by atoms with van der Waals surface area (Å²) in [7, 11) is 0. The van der Waals surface area contributed by atoms with Gasteiger partial charge in [-0.3, -0.25) is 9.59 Å². The topological polar surface area (TPSA) is 66.4 Å². The number of amides is 1. The van der Waals surface area contributed by atoms with Crippen LogP contribution in [-0.2, 0) is 15.0 Å². The van der Waals surface area contributed by atoms with E-state index in [1.165, 1.54) is 0 Å². The van der Waals surface area contributed by atoms with Crippen molar-refractivity contribution in [3.63, 3.8) is 0 Å². The molecule has 0 aromatic heterocycles. The number of aliphatic carboxylic acids is 1. The Balaban J connectivity index is 1.72. The zero-order valence-corrected chi connectivity index (χ0v) is 14.4. The number of carboxylic acid groups (broad SMARTS) is 1. The predicted molar refractivity (Wildman–Crippen MR) is 94.9 cm³/mol. The molecule has 1 aliphatic rings. The average Bonchev–Trinajstić information content (AvgIpc) is 3.08. The van der Waals surface area contributed by atoms with Crippen molar-refractivity contribution in [3.05, 3.63) is 35.9 Å². The van der Waals surface area contributed by atoms with Crippen LogP contribution in [0.1, 0.15) is 69.8 Å². The Hall–Kier alpha value is -1.84. The van der Waals surface area contributed by atoms with Gasteiger partial charge in [-0.25, -0.2) is 0 Å². The molecule has 132 valence electrons. The Morgan fingerprint density at radius 3 is 2.25 bits per heavy atom. The van der Waals surface area contributed by atoms with E-state index in [1.54, 1.807) is 0 Å². The molecule has 0 radical (unpaired) electrons. The summed E-state index contributed by atoms with van der Waals surface area (Å²) < 4.78 is 0. The molecule has 0 bridgehead atoms. The second-order valence-corrected chi connectivity index (χ2v) is 6.82. The van der Waals surface area contributed by atoms with Gasteiger partial charge in [0.1, 0.15) is 0 Å². The zero-order valence-electron chi connectivity index (χ0n) is 14.4. The Morgan fingerprint density at radius 2 is 1.58 bits per heavy atom. The highest BCUT2D eigenvalue weighted by Gasteiger charge is 2.42. The van der Waals surface area contributed by atoms with Gasteiger partial charge in [0.15, 0.2) is 0 Å². The highest BCUT2D eigenvalue weighted by Crippen LogP contribution is 2.41. The molecule has 0 unspecified atom stereocenters. The number of unbranched alkanes of at least 4 members (excludes halogenated alkanes) is 4.